The molecule has 1 aromatic heterocycles. The fraction of sp³-hybridized carbons (Fsp3) is 0.833. The Bertz CT molecular complexity index is 574. The number of hydrogen-bond acceptors (Lipinski definition) is 7. The number of amides is 1. The van der Waals surface area contributed by atoms with Gasteiger partial charge in [0.05, 0.1) is 19.1 Å². The third kappa shape index (κ3) is 5.45. The van der Waals surface area contributed by atoms with E-state index in [1.165, 1.54) is 12.8 Å². The maximum atomic E-state index is 12.3. The van der Waals surface area contributed by atoms with Crippen molar-refractivity contribution < 1.29 is 9.53 Å². The van der Waals surface area contributed by atoms with Gasteiger partial charge in [-0.05, 0) is 39.2 Å². The quantitative estimate of drug-likeness (QED) is 0.718. The molecule has 0 spiro atoms. The molecule has 1 amide bonds. The molecule has 8 heteroatoms. The van der Waals surface area contributed by atoms with Crippen LogP contribution in [0.5, 0.6) is 0 Å². The number of carbonyl (C=O) groups is 1. The molecule has 3 rings (SSSR count). The zero-order valence-corrected chi connectivity index (χ0v) is 16.8. The van der Waals surface area contributed by atoms with E-state index < -0.39 is 0 Å². The number of hydrogen-bond donors (Lipinski definition) is 1. The number of aromatic nitrogens is 2. The number of nitrogens with zero attached hydrogens (tertiary/aromatic N) is 4. The highest BCUT2D eigenvalue weighted by molar-refractivity contribution is 7.11. The van der Waals surface area contributed by atoms with Gasteiger partial charge < -0.3 is 10.1 Å². The molecule has 0 bridgehead atoms. The highest BCUT2D eigenvalue weighted by Crippen LogP contribution is 2.25. The van der Waals surface area contributed by atoms with E-state index in [2.05, 4.69) is 25.3 Å². The molecule has 1 unspecified atom stereocenters. The van der Waals surface area contributed by atoms with Gasteiger partial charge in [0.1, 0.15) is 10.0 Å². The second-order valence-corrected chi connectivity index (χ2v) is 8.61. The normalized spacial score (nSPS) is 23.2. The second-order valence-electron chi connectivity index (χ2n) is 7.34. The van der Waals surface area contributed by atoms with E-state index in [0.717, 1.165) is 55.6 Å². The molecule has 0 radical (unpaired) electrons. The van der Waals surface area contributed by atoms with Crippen molar-refractivity contribution in [1.82, 2.24) is 25.3 Å². The largest absolute Gasteiger partial charge is 0.383 e. The van der Waals surface area contributed by atoms with Crippen LogP contribution in [0.2, 0.25) is 0 Å². The molecule has 1 aromatic rings. The van der Waals surface area contributed by atoms with Crippen LogP contribution < -0.4 is 5.32 Å². The Morgan fingerprint density at radius 3 is 2.77 bits per heavy atom. The van der Waals surface area contributed by atoms with Crippen molar-refractivity contribution in [3.05, 3.63) is 10.0 Å². The molecule has 26 heavy (non-hydrogen) atoms. The van der Waals surface area contributed by atoms with Crippen molar-refractivity contribution in [2.24, 2.45) is 5.92 Å². The van der Waals surface area contributed by atoms with E-state index in [1.54, 1.807) is 18.4 Å². The molecule has 2 aliphatic rings. The fourth-order valence-electron chi connectivity index (χ4n) is 4.01. The minimum absolute atomic E-state index is 0.128. The third-order valence-corrected chi connectivity index (χ3v) is 6.25. The Morgan fingerprint density at radius 1 is 1.27 bits per heavy atom. The lowest BCUT2D eigenvalue weighted by Crippen LogP contribution is -2.50. The zero-order chi connectivity index (χ0) is 18.4. The number of ether oxygens (including phenoxy) is 1. The lowest BCUT2D eigenvalue weighted by atomic mass is 9.93. The summed E-state index contributed by atoms with van der Waals surface area (Å²) in [6, 6.07) is 0.608. The maximum absolute atomic E-state index is 12.3. The number of nitrogens with one attached hydrogen (secondary N) is 1. The molecule has 0 aliphatic carbocycles. The molecule has 7 nitrogen and oxygen atoms in total. The van der Waals surface area contributed by atoms with Gasteiger partial charge in [0.25, 0.3) is 0 Å². The number of aryl methyl sites for hydroxylation is 1. The van der Waals surface area contributed by atoms with Crippen LogP contribution in [0.3, 0.4) is 0 Å². The topological polar surface area (TPSA) is 70.6 Å². The lowest BCUT2D eigenvalue weighted by molar-refractivity contribution is -0.127. The summed E-state index contributed by atoms with van der Waals surface area (Å²) < 4.78 is 5.01. The Morgan fingerprint density at radius 2 is 2.08 bits per heavy atom. The Hall–Kier alpha value is -1.09. The molecule has 0 aromatic carbocycles. The van der Waals surface area contributed by atoms with Gasteiger partial charge in [-0.25, -0.2) is 0 Å². The summed E-state index contributed by atoms with van der Waals surface area (Å²) in [6.07, 6.45) is 4.47. The first-order chi connectivity index (χ1) is 12.7. The standard InChI is InChI=1S/C18H31N5O2S/c1-14-20-21-17(26-14)13-22-9-5-16(6-10-22)23-8-3-4-15(12-23)18(24)19-7-11-25-2/h15-16H,3-13H2,1-2H3,(H,19,24). The van der Waals surface area contributed by atoms with Crippen LogP contribution in [0.25, 0.3) is 0 Å². The first-order valence-electron chi connectivity index (χ1n) is 9.67. The molecule has 3 heterocycles. The first-order valence-corrected chi connectivity index (χ1v) is 10.5. The van der Waals surface area contributed by atoms with Crippen molar-refractivity contribution in [2.75, 3.05) is 46.4 Å². The SMILES string of the molecule is COCCNC(=O)C1CCCN(C2CCN(Cc3nnc(C)s3)CC2)C1. The molecule has 146 valence electrons. The first kappa shape index (κ1) is 19.7. The zero-order valence-electron chi connectivity index (χ0n) is 15.9. The summed E-state index contributed by atoms with van der Waals surface area (Å²) in [5.41, 5.74) is 0. The highest BCUT2D eigenvalue weighted by atomic mass is 32.1. The van der Waals surface area contributed by atoms with Crippen LogP contribution in [0.15, 0.2) is 0 Å². The van der Waals surface area contributed by atoms with Crippen molar-refractivity contribution in [3.63, 3.8) is 0 Å². The number of methoxy groups -OCH3 is 1. The number of rotatable bonds is 7. The molecule has 0 saturated carbocycles. The Balaban J connectivity index is 1.42. The number of carbonyl (C=O) groups excluding carboxylic acids is 1. The van der Waals surface area contributed by atoms with Gasteiger partial charge in [-0.15, -0.1) is 21.5 Å². The van der Waals surface area contributed by atoms with Gasteiger partial charge in [-0.2, -0.15) is 0 Å². The average Bonchev–Trinajstić information content (AvgIpc) is 3.07. The predicted octanol–water partition coefficient (Wildman–Crippen LogP) is 1.29. The third-order valence-electron chi connectivity index (χ3n) is 5.43. The molecular formula is C18H31N5O2S. The minimum atomic E-state index is 0.128. The molecular weight excluding hydrogens is 350 g/mol. The Kier molecular flexibility index (Phi) is 7.36. The van der Waals surface area contributed by atoms with Gasteiger partial charge in [0.15, 0.2) is 0 Å². The van der Waals surface area contributed by atoms with Gasteiger partial charge in [-0.1, -0.05) is 0 Å². The van der Waals surface area contributed by atoms with Crippen molar-refractivity contribution in [3.8, 4) is 0 Å². The molecule has 2 aliphatic heterocycles. The smallest absolute Gasteiger partial charge is 0.224 e. The highest BCUT2D eigenvalue weighted by Gasteiger charge is 2.31. The fourth-order valence-corrected chi connectivity index (χ4v) is 4.76. The van der Waals surface area contributed by atoms with Crippen molar-refractivity contribution in [1.29, 1.82) is 0 Å². The van der Waals surface area contributed by atoms with E-state index in [0.29, 0.717) is 19.2 Å². The van der Waals surface area contributed by atoms with Crippen LogP contribution >= 0.6 is 11.3 Å². The molecule has 2 saturated heterocycles. The Labute approximate surface area is 160 Å². The van der Waals surface area contributed by atoms with E-state index in [1.807, 2.05) is 6.92 Å². The van der Waals surface area contributed by atoms with Gasteiger partial charge in [0.2, 0.25) is 5.91 Å². The van der Waals surface area contributed by atoms with Gasteiger partial charge in [0, 0.05) is 39.3 Å². The van der Waals surface area contributed by atoms with Crippen LogP contribution in [-0.2, 0) is 16.1 Å². The van der Waals surface area contributed by atoms with E-state index in [-0.39, 0.29) is 11.8 Å². The van der Waals surface area contributed by atoms with Crippen LogP contribution in [0.1, 0.15) is 35.7 Å². The summed E-state index contributed by atoms with van der Waals surface area (Å²) in [4.78, 5) is 17.4. The van der Waals surface area contributed by atoms with Gasteiger partial charge in [-0.3, -0.25) is 14.6 Å². The van der Waals surface area contributed by atoms with E-state index >= 15 is 0 Å². The summed E-state index contributed by atoms with van der Waals surface area (Å²) in [5, 5.41) is 13.5. The molecule has 1 N–H and O–H groups in total. The average molecular weight is 382 g/mol. The molecule has 1 atom stereocenters. The van der Waals surface area contributed by atoms with E-state index in [4.69, 9.17) is 4.74 Å². The lowest BCUT2D eigenvalue weighted by Gasteiger charge is -2.41. The van der Waals surface area contributed by atoms with Crippen LogP contribution in [-0.4, -0.2) is 78.4 Å². The number of likely N-dealkylation sites (tertiary alicyclic amines) is 2. The van der Waals surface area contributed by atoms with Crippen LogP contribution in [0.4, 0.5) is 0 Å². The maximum Gasteiger partial charge on any atom is 0.224 e. The van der Waals surface area contributed by atoms with E-state index in [9.17, 15) is 4.79 Å². The summed E-state index contributed by atoms with van der Waals surface area (Å²) >= 11 is 1.69. The summed E-state index contributed by atoms with van der Waals surface area (Å²) in [6.45, 7) is 8.34. The van der Waals surface area contributed by atoms with Crippen molar-refractivity contribution >= 4 is 17.2 Å². The van der Waals surface area contributed by atoms with Crippen molar-refractivity contribution in [2.45, 2.75) is 45.2 Å². The van der Waals surface area contributed by atoms with Crippen LogP contribution in [0, 0.1) is 12.8 Å². The summed E-state index contributed by atoms with van der Waals surface area (Å²) in [5.74, 6) is 0.318. The monoisotopic (exact) mass is 381 g/mol. The predicted molar refractivity (Wildman–Crippen MR) is 102 cm³/mol. The minimum Gasteiger partial charge on any atom is -0.383 e. The second kappa shape index (κ2) is 9.73. The summed E-state index contributed by atoms with van der Waals surface area (Å²) in [7, 11) is 1.66. The molecule has 2 fully saturated rings. The number of piperidine rings is 2. The van der Waals surface area contributed by atoms with Gasteiger partial charge >= 0.3 is 0 Å².